The first-order valence-corrected chi connectivity index (χ1v) is 9.30. The minimum Gasteiger partial charge on any atom is -0.334 e. The number of nitrogens with one attached hydrogen (secondary N) is 2. The molecule has 138 valence electrons. The van der Waals surface area contributed by atoms with E-state index < -0.39 is 0 Å². The van der Waals surface area contributed by atoms with Gasteiger partial charge in [0, 0.05) is 51.0 Å². The monoisotopic (exact) mass is 352 g/mol. The van der Waals surface area contributed by atoms with Crippen LogP contribution in [0.4, 0.5) is 10.5 Å². The van der Waals surface area contributed by atoms with Crippen molar-refractivity contribution in [3.05, 3.63) is 66.2 Å². The smallest absolute Gasteiger partial charge is 0.319 e. The van der Waals surface area contributed by atoms with E-state index >= 15 is 0 Å². The van der Waals surface area contributed by atoms with Crippen LogP contribution in [0.2, 0.25) is 0 Å². The second kappa shape index (κ2) is 9.36. The van der Waals surface area contributed by atoms with E-state index in [1.165, 1.54) is 5.56 Å². The Morgan fingerprint density at radius 3 is 2.15 bits per heavy atom. The van der Waals surface area contributed by atoms with Gasteiger partial charge in [0.05, 0.1) is 0 Å². The van der Waals surface area contributed by atoms with Gasteiger partial charge in [-0.3, -0.25) is 9.80 Å². The van der Waals surface area contributed by atoms with Gasteiger partial charge in [-0.15, -0.1) is 0 Å². The molecule has 5 nitrogen and oxygen atoms in total. The SMILES string of the molecule is C[C@@H](CN1CCN(Cc2ccccc2)CC1)NC(=O)Nc1ccccc1. The Bertz CT molecular complexity index is 669. The highest BCUT2D eigenvalue weighted by Crippen LogP contribution is 2.09. The summed E-state index contributed by atoms with van der Waals surface area (Å²) in [6.45, 7) is 8.16. The van der Waals surface area contributed by atoms with Crippen LogP contribution < -0.4 is 10.6 Å². The number of para-hydroxylation sites is 1. The Labute approximate surface area is 156 Å². The Morgan fingerprint density at radius 1 is 0.923 bits per heavy atom. The Morgan fingerprint density at radius 2 is 1.50 bits per heavy atom. The molecule has 1 fully saturated rings. The minimum atomic E-state index is -0.147. The zero-order valence-corrected chi connectivity index (χ0v) is 15.4. The number of carbonyl (C=O) groups is 1. The van der Waals surface area contributed by atoms with Crippen molar-refractivity contribution in [1.29, 1.82) is 0 Å². The van der Waals surface area contributed by atoms with Gasteiger partial charge in [-0.05, 0) is 24.6 Å². The summed E-state index contributed by atoms with van der Waals surface area (Å²) in [5.41, 5.74) is 2.18. The number of piperazine rings is 1. The summed E-state index contributed by atoms with van der Waals surface area (Å²) in [4.78, 5) is 17.0. The predicted octanol–water partition coefficient (Wildman–Crippen LogP) is 3.01. The Balaban J connectivity index is 1.36. The Kier molecular flexibility index (Phi) is 6.63. The van der Waals surface area contributed by atoms with Crippen LogP contribution in [0, 0.1) is 0 Å². The maximum absolute atomic E-state index is 12.1. The molecule has 1 saturated heterocycles. The third-order valence-corrected chi connectivity index (χ3v) is 4.66. The highest BCUT2D eigenvalue weighted by molar-refractivity contribution is 5.89. The maximum atomic E-state index is 12.1. The van der Waals surface area contributed by atoms with Gasteiger partial charge in [0.1, 0.15) is 0 Å². The summed E-state index contributed by atoms with van der Waals surface area (Å²) < 4.78 is 0. The number of hydrogen-bond donors (Lipinski definition) is 2. The molecule has 26 heavy (non-hydrogen) atoms. The normalized spacial score (nSPS) is 16.8. The lowest BCUT2D eigenvalue weighted by Gasteiger charge is -2.36. The number of rotatable bonds is 6. The molecule has 0 aliphatic carbocycles. The molecular weight excluding hydrogens is 324 g/mol. The highest BCUT2D eigenvalue weighted by atomic mass is 16.2. The zero-order chi connectivity index (χ0) is 18.2. The molecule has 5 heteroatoms. The largest absolute Gasteiger partial charge is 0.334 e. The first-order chi connectivity index (χ1) is 12.7. The van der Waals surface area contributed by atoms with Gasteiger partial charge in [-0.2, -0.15) is 0 Å². The lowest BCUT2D eigenvalue weighted by Crippen LogP contribution is -2.50. The lowest BCUT2D eigenvalue weighted by atomic mass is 10.2. The van der Waals surface area contributed by atoms with Crippen molar-refractivity contribution in [3.8, 4) is 0 Å². The molecule has 1 aliphatic heterocycles. The summed E-state index contributed by atoms with van der Waals surface area (Å²) in [6.07, 6.45) is 0. The topological polar surface area (TPSA) is 47.6 Å². The molecule has 0 bridgehead atoms. The first kappa shape index (κ1) is 18.4. The van der Waals surface area contributed by atoms with Gasteiger partial charge >= 0.3 is 6.03 Å². The van der Waals surface area contributed by atoms with Crippen molar-refractivity contribution < 1.29 is 4.79 Å². The van der Waals surface area contributed by atoms with Crippen LogP contribution in [-0.2, 0) is 6.54 Å². The van der Waals surface area contributed by atoms with Crippen molar-refractivity contribution in [2.45, 2.75) is 19.5 Å². The van der Waals surface area contributed by atoms with E-state index in [4.69, 9.17) is 0 Å². The van der Waals surface area contributed by atoms with Crippen molar-refractivity contribution in [3.63, 3.8) is 0 Å². The van der Waals surface area contributed by atoms with Gasteiger partial charge in [-0.25, -0.2) is 4.79 Å². The van der Waals surface area contributed by atoms with Crippen LogP contribution in [0.25, 0.3) is 0 Å². The molecule has 0 unspecified atom stereocenters. The average molecular weight is 352 g/mol. The van der Waals surface area contributed by atoms with Crippen LogP contribution in [0.15, 0.2) is 60.7 Å². The second-order valence-corrected chi connectivity index (χ2v) is 6.93. The summed E-state index contributed by atoms with van der Waals surface area (Å²) in [5.74, 6) is 0. The quantitative estimate of drug-likeness (QED) is 0.840. The first-order valence-electron chi connectivity index (χ1n) is 9.30. The zero-order valence-electron chi connectivity index (χ0n) is 15.4. The van der Waals surface area contributed by atoms with Gasteiger partial charge in [0.25, 0.3) is 0 Å². The van der Waals surface area contributed by atoms with Gasteiger partial charge in [0.2, 0.25) is 0 Å². The fourth-order valence-corrected chi connectivity index (χ4v) is 3.32. The molecule has 1 aliphatic rings. The lowest BCUT2D eigenvalue weighted by molar-refractivity contribution is 0.120. The van der Waals surface area contributed by atoms with E-state index in [0.29, 0.717) is 0 Å². The van der Waals surface area contributed by atoms with E-state index in [1.807, 2.05) is 30.3 Å². The molecule has 2 aromatic rings. The number of amides is 2. The van der Waals surface area contributed by atoms with Crippen LogP contribution in [-0.4, -0.2) is 54.6 Å². The number of benzene rings is 2. The molecule has 0 radical (unpaired) electrons. The highest BCUT2D eigenvalue weighted by Gasteiger charge is 2.19. The maximum Gasteiger partial charge on any atom is 0.319 e. The van der Waals surface area contributed by atoms with Crippen LogP contribution in [0.5, 0.6) is 0 Å². The number of nitrogens with zero attached hydrogens (tertiary/aromatic N) is 2. The van der Waals surface area contributed by atoms with E-state index in [0.717, 1.165) is 45.0 Å². The summed E-state index contributed by atoms with van der Waals surface area (Å²) in [5, 5.41) is 5.89. The summed E-state index contributed by atoms with van der Waals surface area (Å²) in [7, 11) is 0. The van der Waals surface area contributed by atoms with E-state index in [9.17, 15) is 4.79 Å². The standard InChI is InChI=1S/C21H28N4O/c1-18(22-21(26)23-20-10-6-3-7-11-20)16-24-12-14-25(15-13-24)17-19-8-4-2-5-9-19/h2-11,18H,12-17H2,1H3,(H2,22,23,26)/t18-/m0/s1. The number of urea groups is 1. The second-order valence-electron chi connectivity index (χ2n) is 6.93. The number of carbonyl (C=O) groups excluding carboxylic acids is 1. The van der Waals surface area contributed by atoms with E-state index in [2.05, 4.69) is 57.7 Å². The molecule has 0 aromatic heterocycles. The van der Waals surface area contributed by atoms with Gasteiger partial charge in [-0.1, -0.05) is 48.5 Å². The Hall–Kier alpha value is -2.37. The molecule has 3 rings (SSSR count). The number of anilines is 1. The molecule has 2 N–H and O–H groups in total. The van der Waals surface area contributed by atoms with Crippen molar-refractivity contribution in [2.75, 3.05) is 38.0 Å². The molecule has 2 amide bonds. The van der Waals surface area contributed by atoms with Gasteiger partial charge < -0.3 is 10.6 Å². The fraction of sp³-hybridized carbons (Fsp3) is 0.381. The molecule has 0 spiro atoms. The van der Waals surface area contributed by atoms with Crippen molar-refractivity contribution >= 4 is 11.7 Å². The summed E-state index contributed by atoms with van der Waals surface area (Å²) >= 11 is 0. The van der Waals surface area contributed by atoms with Crippen molar-refractivity contribution in [1.82, 2.24) is 15.1 Å². The van der Waals surface area contributed by atoms with Crippen molar-refractivity contribution in [2.24, 2.45) is 0 Å². The fourth-order valence-electron chi connectivity index (χ4n) is 3.32. The van der Waals surface area contributed by atoms with E-state index in [1.54, 1.807) is 0 Å². The number of hydrogen-bond acceptors (Lipinski definition) is 3. The predicted molar refractivity (Wildman–Crippen MR) is 106 cm³/mol. The average Bonchev–Trinajstić information content (AvgIpc) is 2.65. The van der Waals surface area contributed by atoms with Gasteiger partial charge in [0.15, 0.2) is 0 Å². The molecular formula is C21H28N4O. The minimum absolute atomic E-state index is 0.111. The molecule has 0 saturated carbocycles. The molecule has 1 atom stereocenters. The third kappa shape index (κ3) is 5.86. The molecule has 2 aromatic carbocycles. The summed E-state index contributed by atoms with van der Waals surface area (Å²) in [6, 6.07) is 20.1. The van der Waals surface area contributed by atoms with Crippen LogP contribution in [0.1, 0.15) is 12.5 Å². The van der Waals surface area contributed by atoms with E-state index in [-0.39, 0.29) is 12.1 Å². The molecule has 1 heterocycles. The van der Waals surface area contributed by atoms with Crippen LogP contribution in [0.3, 0.4) is 0 Å². The van der Waals surface area contributed by atoms with Crippen LogP contribution >= 0.6 is 0 Å². The third-order valence-electron chi connectivity index (χ3n) is 4.66.